The molecule has 0 saturated heterocycles. The third kappa shape index (κ3) is 11.9. The van der Waals surface area contributed by atoms with Gasteiger partial charge in [-0.2, -0.15) is 10.2 Å². The number of carbonyl (C=O) groups is 1. The second-order valence-electron chi connectivity index (χ2n) is 17.2. The van der Waals surface area contributed by atoms with Crippen molar-refractivity contribution < 1.29 is 18.3 Å². The van der Waals surface area contributed by atoms with Gasteiger partial charge in [0, 0.05) is 44.0 Å². The fourth-order valence-electron chi connectivity index (χ4n) is 7.67. The van der Waals surface area contributed by atoms with Crippen LogP contribution in [0.25, 0.3) is 43.6 Å². The van der Waals surface area contributed by atoms with Crippen molar-refractivity contribution in [3.63, 3.8) is 0 Å². The summed E-state index contributed by atoms with van der Waals surface area (Å²) in [4.78, 5) is 29.4. The minimum atomic E-state index is -0.562. The molecule has 0 unspecified atom stereocenters. The molecule has 4 heterocycles. The Morgan fingerprint density at radius 3 is 1.62 bits per heavy atom. The lowest BCUT2D eigenvalue weighted by atomic mass is 10.1. The number of aromatic nitrogens is 8. The van der Waals surface area contributed by atoms with Gasteiger partial charge in [-0.15, -0.1) is 0 Å². The number of rotatable bonds is 9. The Kier molecular flexibility index (Phi) is 13.8. The number of amides is 1. The summed E-state index contributed by atoms with van der Waals surface area (Å²) in [6, 6.07) is 36.4. The molecule has 0 bridgehead atoms. The van der Waals surface area contributed by atoms with Gasteiger partial charge in [0.1, 0.15) is 41.5 Å². The van der Waals surface area contributed by atoms with E-state index in [1.165, 1.54) is 36.9 Å². The van der Waals surface area contributed by atoms with E-state index >= 15 is 0 Å². The van der Waals surface area contributed by atoms with E-state index in [1.807, 2.05) is 94.3 Å². The first kappa shape index (κ1) is 46.8. The van der Waals surface area contributed by atoms with Crippen LogP contribution in [0.1, 0.15) is 43.0 Å². The molecule has 0 fully saturated rings. The average molecular weight is 945 g/mol. The highest BCUT2D eigenvalue weighted by atomic mass is 19.1. The van der Waals surface area contributed by atoms with E-state index in [0.29, 0.717) is 31.3 Å². The fraction of sp³-hybridized carbons (Fsp3) is 0.145. The Morgan fingerprint density at radius 1 is 0.634 bits per heavy atom. The number of hydrogen-bond acceptors (Lipinski definition) is 11. The number of hydrogen-bond donors (Lipinski definition) is 4. The second-order valence-corrected chi connectivity index (χ2v) is 17.2. The second kappa shape index (κ2) is 20.9. The molecule has 6 aromatic carbocycles. The zero-order valence-electron chi connectivity index (χ0n) is 38.9. The first-order valence-corrected chi connectivity index (χ1v) is 22.5. The molecule has 0 saturated carbocycles. The predicted octanol–water partition coefficient (Wildman–Crippen LogP) is 10.0. The number of nitrogens with two attached hydrogens (primary N) is 1. The van der Waals surface area contributed by atoms with E-state index in [2.05, 4.69) is 69.8 Å². The molecule has 16 heteroatoms. The summed E-state index contributed by atoms with van der Waals surface area (Å²) < 4.78 is 36.0. The Labute approximate surface area is 407 Å². The van der Waals surface area contributed by atoms with Crippen LogP contribution in [-0.2, 0) is 17.8 Å². The molecule has 10 aromatic rings. The van der Waals surface area contributed by atoms with Gasteiger partial charge in [0.15, 0.2) is 0 Å². The monoisotopic (exact) mass is 944 g/mol. The number of fused-ring (bicyclic) bond motifs is 4. The minimum absolute atomic E-state index is 0.163. The zero-order chi connectivity index (χ0) is 49.3. The molecule has 0 spiro atoms. The maximum Gasteiger partial charge on any atom is 0.408 e. The van der Waals surface area contributed by atoms with Gasteiger partial charge in [0.2, 0.25) is 0 Å². The highest BCUT2D eigenvalue weighted by molar-refractivity contribution is 5.94. The lowest BCUT2D eigenvalue weighted by molar-refractivity contribution is 0.0535. The normalized spacial score (nSPS) is 11.0. The topological polar surface area (TPSA) is 176 Å². The highest BCUT2D eigenvalue weighted by Gasteiger charge is 2.15. The van der Waals surface area contributed by atoms with E-state index in [0.717, 1.165) is 77.2 Å². The summed E-state index contributed by atoms with van der Waals surface area (Å²) in [6.07, 6.45) is 6.13. The van der Waals surface area contributed by atoms with E-state index < -0.39 is 11.7 Å². The maximum atomic E-state index is 13.6. The number of nitrogens with zero attached hydrogens (tertiary/aromatic N) is 8. The van der Waals surface area contributed by atoms with Crippen LogP contribution in [-0.4, -0.2) is 64.3 Å². The van der Waals surface area contributed by atoms with E-state index in [1.54, 1.807) is 45.3 Å². The van der Waals surface area contributed by atoms with Crippen molar-refractivity contribution in [1.29, 1.82) is 0 Å². The standard InChI is InChI=1S/C30H27FN6O2.C25H19FN6/c1-30(2,3)39-29(38)32-13-5-7-20-9-11-26-25(15-20)28(34-19-33-26)36-24-10-12-27-22(16-24)17-35-37(27)18-21-6-4-8-23(31)14-21;26-20-5-1-3-18(11-20)15-32-24-9-7-21(13-19(24)14-30-32)31-25-22-12-17(4-2-10-27)6-8-23(22)28-16-29-25/h4,6,8-12,14-17,19H,13,18H2,1-3H3,(H,32,38)(H,33,34,36);1,3,5-9,11-14,16H,10,15,27H2,(H,28,29,31). The van der Waals surface area contributed by atoms with Crippen LogP contribution in [0.5, 0.6) is 0 Å². The molecule has 0 radical (unpaired) electrons. The van der Waals surface area contributed by atoms with Gasteiger partial charge in [-0.1, -0.05) is 47.9 Å². The van der Waals surface area contributed by atoms with Gasteiger partial charge in [-0.25, -0.2) is 33.5 Å². The lowest BCUT2D eigenvalue weighted by Crippen LogP contribution is -2.32. The Hall–Kier alpha value is -9.25. The van der Waals surface area contributed by atoms with Gasteiger partial charge in [0.05, 0.1) is 60.6 Å². The number of carbonyl (C=O) groups excluding carboxylic acids is 1. The van der Waals surface area contributed by atoms with Crippen molar-refractivity contribution in [3.8, 4) is 23.7 Å². The van der Waals surface area contributed by atoms with E-state index in [4.69, 9.17) is 10.5 Å². The van der Waals surface area contributed by atoms with E-state index in [-0.39, 0.29) is 18.2 Å². The van der Waals surface area contributed by atoms with Crippen LogP contribution in [0, 0.1) is 35.3 Å². The maximum absolute atomic E-state index is 13.6. The molecule has 0 atom stereocenters. The van der Waals surface area contributed by atoms with Crippen molar-refractivity contribution in [2.75, 3.05) is 23.7 Å². The van der Waals surface area contributed by atoms with Crippen molar-refractivity contribution in [3.05, 3.63) is 180 Å². The van der Waals surface area contributed by atoms with Crippen LogP contribution < -0.4 is 21.7 Å². The summed E-state index contributed by atoms with van der Waals surface area (Å²) in [6.45, 7) is 6.86. The zero-order valence-corrected chi connectivity index (χ0v) is 38.9. The minimum Gasteiger partial charge on any atom is -0.444 e. The Bertz CT molecular complexity index is 3710. The Balaban J connectivity index is 0.000000179. The number of ether oxygens (including phenoxy) is 1. The van der Waals surface area contributed by atoms with Crippen molar-refractivity contribution in [2.24, 2.45) is 5.73 Å². The molecule has 71 heavy (non-hydrogen) atoms. The number of anilines is 4. The van der Waals surface area contributed by atoms with Crippen molar-refractivity contribution >= 4 is 72.7 Å². The quantitative estimate of drug-likeness (QED) is 0.101. The molecule has 0 aliphatic heterocycles. The molecule has 0 aliphatic rings. The summed E-state index contributed by atoms with van der Waals surface area (Å²) in [5.74, 6) is 12.7. The number of nitrogens with one attached hydrogen (secondary N) is 3. The number of halogens is 2. The average Bonchev–Trinajstić information content (AvgIpc) is 3.94. The Morgan fingerprint density at radius 2 is 1.14 bits per heavy atom. The molecular formula is C55H46F2N12O2. The summed E-state index contributed by atoms with van der Waals surface area (Å²) in [7, 11) is 0. The van der Waals surface area contributed by atoms with Crippen LogP contribution in [0.2, 0.25) is 0 Å². The molecule has 10 rings (SSSR count). The largest absolute Gasteiger partial charge is 0.444 e. The van der Waals surface area contributed by atoms with Gasteiger partial charge in [0.25, 0.3) is 0 Å². The smallest absolute Gasteiger partial charge is 0.408 e. The molecule has 14 nitrogen and oxygen atoms in total. The SMILES string of the molecule is CC(C)(C)OC(=O)NCC#Cc1ccc2ncnc(Nc3ccc4c(cnn4Cc4cccc(F)c4)c3)c2c1.NCC#Cc1ccc2ncnc(Nc3ccc4c(cnn4Cc4cccc(F)c4)c3)c2c1. The van der Waals surface area contributed by atoms with Crippen LogP contribution in [0.15, 0.2) is 146 Å². The molecule has 352 valence electrons. The third-order valence-corrected chi connectivity index (χ3v) is 10.8. The van der Waals surface area contributed by atoms with Crippen LogP contribution in [0.4, 0.5) is 36.6 Å². The van der Waals surface area contributed by atoms with E-state index in [9.17, 15) is 13.6 Å². The van der Waals surface area contributed by atoms with Crippen molar-refractivity contribution in [1.82, 2.24) is 44.8 Å². The van der Waals surface area contributed by atoms with Gasteiger partial charge < -0.3 is 26.4 Å². The summed E-state index contributed by atoms with van der Waals surface area (Å²) in [5, 5.41) is 21.9. The lowest BCUT2D eigenvalue weighted by Gasteiger charge is -2.19. The molecule has 0 aliphatic carbocycles. The van der Waals surface area contributed by atoms with Crippen LogP contribution >= 0.6 is 0 Å². The summed E-state index contributed by atoms with van der Waals surface area (Å²) in [5.41, 5.74) is 13.5. The molecular weight excluding hydrogens is 899 g/mol. The van der Waals surface area contributed by atoms with Crippen LogP contribution in [0.3, 0.4) is 0 Å². The van der Waals surface area contributed by atoms with Gasteiger partial charge >= 0.3 is 6.09 Å². The molecule has 5 N–H and O–H groups in total. The number of alkyl carbamates (subject to hydrolysis) is 1. The number of benzene rings is 6. The highest BCUT2D eigenvalue weighted by Crippen LogP contribution is 2.29. The van der Waals surface area contributed by atoms with Gasteiger partial charge in [-0.3, -0.25) is 9.36 Å². The molecule has 4 aromatic heterocycles. The molecule has 1 amide bonds. The summed E-state index contributed by atoms with van der Waals surface area (Å²) >= 11 is 0. The third-order valence-electron chi connectivity index (χ3n) is 10.8. The fourth-order valence-corrected chi connectivity index (χ4v) is 7.67. The first-order chi connectivity index (χ1) is 34.4. The predicted molar refractivity (Wildman–Crippen MR) is 273 cm³/mol. The van der Waals surface area contributed by atoms with Gasteiger partial charge in [-0.05, 0) is 129 Å². The first-order valence-electron chi connectivity index (χ1n) is 22.5. The van der Waals surface area contributed by atoms with Crippen molar-refractivity contribution in [2.45, 2.75) is 39.5 Å².